The van der Waals surface area contributed by atoms with Crippen LogP contribution in [-0.2, 0) is 10.0 Å². The second-order valence-corrected chi connectivity index (χ2v) is 24.4. The SMILES string of the molecule is CCC[CH2][Sn]([CH2]CCC)([CH2]CCC)[c]1ccc(S(=O)(=O)NCCN2CCCCC2)cc1. The predicted molar refractivity (Wildman–Crippen MR) is 136 cm³/mol. The summed E-state index contributed by atoms with van der Waals surface area (Å²) in [5.41, 5.74) is 0. The molecule has 1 fully saturated rings. The number of hydrogen-bond donors (Lipinski definition) is 1. The van der Waals surface area contributed by atoms with E-state index in [0.717, 1.165) is 19.6 Å². The van der Waals surface area contributed by atoms with E-state index < -0.39 is 28.4 Å². The van der Waals surface area contributed by atoms with Gasteiger partial charge in [0.25, 0.3) is 0 Å². The van der Waals surface area contributed by atoms with Crippen LogP contribution in [0.5, 0.6) is 0 Å². The summed E-state index contributed by atoms with van der Waals surface area (Å²) in [5.74, 6) is 0. The Morgan fingerprint density at radius 2 is 1.35 bits per heavy atom. The van der Waals surface area contributed by atoms with Crippen molar-refractivity contribution in [3.05, 3.63) is 24.3 Å². The minimum atomic E-state index is -3.43. The van der Waals surface area contributed by atoms with Gasteiger partial charge in [-0.15, -0.1) is 0 Å². The fourth-order valence-electron chi connectivity index (χ4n) is 4.95. The van der Waals surface area contributed by atoms with Crippen LogP contribution in [0.1, 0.15) is 78.6 Å². The number of sulfonamides is 1. The van der Waals surface area contributed by atoms with Crippen LogP contribution < -0.4 is 8.30 Å². The van der Waals surface area contributed by atoms with Gasteiger partial charge in [0.2, 0.25) is 0 Å². The number of benzene rings is 1. The van der Waals surface area contributed by atoms with E-state index in [0.29, 0.717) is 11.4 Å². The number of rotatable bonds is 15. The third kappa shape index (κ3) is 8.63. The molecule has 6 heteroatoms. The zero-order valence-corrected chi connectivity index (χ0v) is 24.0. The molecular formula is C25H46N2O2SSn. The molecule has 178 valence electrons. The quantitative estimate of drug-likeness (QED) is 0.290. The van der Waals surface area contributed by atoms with Gasteiger partial charge in [-0.1, -0.05) is 0 Å². The van der Waals surface area contributed by atoms with Gasteiger partial charge in [-0.25, -0.2) is 0 Å². The van der Waals surface area contributed by atoms with Crippen molar-refractivity contribution in [2.45, 2.75) is 96.8 Å². The summed E-state index contributed by atoms with van der Waals surface area (Å²) in [6.07, 6.45) is 11.5. The van der Waals surface area contributed by atoms with Gasteiger partial charge in [-0.2, -0.15) is 0 Å². The number of hydrogen-bond acceptors (Lipinski definition) is 3. The molecule has 1 aliphatic rings. The summed E-state index contributed by atoms with van der Waals surface area (Å²) < 4.78 is 34.3. The maximum absolute atomic E-state index is 12.8. The zero-order valence-electron chi connectivity index (χ0n) is 20.3. The number of likely N-dealkylation sites (tertiary alicyclic amines) is 1. The molecule has 1 saturated heterocycles. The molecule has 0 bridgehead atoms. The van der Waals surface area contributed by atoms with Gasteiger partial charge >= 0.3 is 197 Å². The Kier molecular flexibility index (Phi) is 12.4. The first kappa shape index (κ1) is 27.1. The van der Waals surface area contributed by atoms with Crippen LogP contribution in [0.15, 0.2) is 29.2 Å². The molecule has 0 saturated carbocycles. The molecule has 31 heavy (non-hydrogen) atoms. The van der Waals surface area contributed by atoms with Gasteiger partial charge in [0.15, 0.2) is 0 Å². The first-order valence-electron chi connectivity index (χ1n) is 12.8. The molecule has 0 aliphatic carbocycles. The molecule has 1 heterocycles. The topological polar surface area (TPSA) is 49.4 Å². The van der Waals surface area contributed by atoms with Gasteiger partial charge in [0.1, 0.15) is 0 Å². The molecule has 0 atom stereocenters. The molecule has 0 spiro atoms. The average Bonchev–Trinajstić information content (AvgIpc) is 2.79. The molecule has 0 amide bonds. The molecule has 1 aliphatic heterocycles. The van der Waals surface area contributed by atoms with E-state index in [1.54, 1.807) is 0 Å². The normalized spacial score (nSPS) is 16.0. The first-order valence-corrected chi connectivity index (χ1v) is 21.8. The van der Waals surface area contributed by atoms with Gasteiger partial charge in [0, 0.05) is 0 Å². The van der Waals surface area contributed by atoms with Crippen molar-refractivity contribution < 1.29 is 8.42 Å². The first-order chi connectivity index (χ1) is 15.0. The van der Waals surface area contributed by atoms with Crippen LogP contribution in [-0.4, -0.2) is 57.9 Å². The Balaban J connectivity index is 2.10. The molecule has 1 aromatic rings. The monoisotopic (exact) mass is 558 g/mol. The summed E-state index contributed by atoms with van der Waals surface area (Å²) in [7, 11) is -3.43. The summed E-state index contributed by atoms with van der Waals surface area (Å²) in [4.78, 5) is 2.80. The van der Waals surface area contributed by atoms with Crippen LogP contribution in [0.25, 0.3) is 0 Å². The standard InChI is InChI=1S/C13H19N2O2S.3C4H9.Sn/c16-18(17,13-7-3-1-4-8-13)14-9-12-15-10-5-2-6-11-15;3*1-3-4-2;/h3-4,7-8,14H,2,5-6,9-12H2;3*1,3-4H2,2H3;. The van der Waals surface area contributed by atoms with Crippen LogP contribution in [0.2, 0.25) is 13.3 Å². The second kappa shape index (κ2) is 14.2. The summed E-state index contributed by atoms with van der Waals surface area (Å²) in [5, 5.41) is 0. The van der Waals surface area contributed by atoms with Gasteiger partial charge in [0.05, 0.1) is 0 Å². The number of piperidine rings is 1. The minimum absolute atomic E-state index is 0.427. The van der Waals surface area contributed by atoms with E-state index in [4.69, 9.17) is 0 Å². The Morgan fingerprint density at radius 3 is 1.84 bits per heavy atom. The van der Waals surface area contributed by atoms with E-state index in [1.165, 1.54) is 74.7 Å². The van der Waals surface area contributed by atoms with Crippen molar-refractivity contribution in [3.8, 4) is 0 Å². The number of unbranched alkanes of at least 4 members (excludes halogenated alkanes) is 3. The van der Waals surface area contributed by atoms with Gasteiger partial charge < -0.3 is 0 Å². The molecule has 2 rings (SSSR count). The average molecular weight is 557 g/mol. The molecule has 1 aromatic carbocycles. The van der Waals surface area contributed by atoms with Crippen LogP contribution in [0.4, 0.5) is 0 Å². The number of nitrogens with zero attached hydrogens (tertiary/aromatic N) is 1. The Labute approximate surface area is 196 Å². The Hall–Kier alpha value is -0.111. The summed E-state index contributed by atoms with van der Waals surface area (Å²) in [6, 6.07) is 8.15. The summed E-state index contributed by atoms with van der Waals surface area (Å²) >= 11 is -2.49. The van der Waals surface area contributed by atoms with Crippen molar-refractivity contribution in [2.75, 3.05) is 26.2 Å². The van der Waals surface area contributed by atoms with Crippen molar-refractivity contribution in [3.63, 3.8) is 0 Å². The Bertz CT molecular complexity index is 694. The maximum atomic E-state index is 12.8. The van der Waals surface area contributed by atoms with E-state index in [9.17, 15) is 8.42 Å². The molecular weight excluding hydrogens is 511 g/mol. The molecule has 0 unspecified atom stereocenters. The third-order valence-electron chi connectivity index (χ3n) is 6.97. The van der Waals surface area contributed by atoms with E-state index in [1.807, 2.05) is 12.1 Å². The molecule has 4 nitrogen and oxygen atoms in total. The molecule has 0 radical (unpaired) electrons. The van der Waals surface area contributed by atoms with E-state index in [-0.39, 0.29) is 0 Å². The van der Waals surface area contributed by atoms with Gasteiger partial charge in [-0.3, -0.25) is 0 Å². The molecule has 1 N–H and O–H groups in total. The van der Waals surface area contributed by atoms with Crippen molar-refractivity contribution in [2.24, 2.45) is 0 Å². The van der Waals surface area contributed by atoms with Crippen LogP contribution in [0.3, 0.4) is 0 Å². The van der Waals surface area contributed by atoms with Gasteiger partial charge in [-0.05, 0) is 0 Å². The van der Waals surface area contributed by atoms with Crippen LogP contribution >= 0.6 is 0 Å². The summed E-state index contributed by atoms with van der Waals surface area (Å²) in [6.45, 7) is 10.4. The molecule has 0 aromatic heterocycles. The van der Waals surface area contributed by atoms with Crippen molar-refractivity contribution >= 4 is 32.0 Å². The number of nitrogens with one attached hydrogen (secondary N) is 1. The Morgan fingerprint density at radius 1 is 0.839 bits per heavy atom. The van der Waals surface area contributed by atoms with E-state index >= 15 is 0 Å². The van der Waals surface area contributed by atoms with Crippen molar-refractivity contribution in [1.82, 2.24) is 9.62 Å². The fourth-order valence-corrected chi connectivity index (χ4v) is 21.9. The second-order valence-electron chi connectivity index (χ2n) is 9.42. The van der Waals surface area contributed by atoms with Crippen LogP contribution in [0, 0.1) is 0 Å². The fraction of sp³-hybridized carbons (Fsp3) is 0.760. The van der Waals surface area contributed by atoms with E-state index in [2.05, 4.69) is 42.5 Å². The zero-order chi connectivity index (χ0) is 22.6. The predicted octanol–water partition coefficient (Wildman–Crippen LogP) is 5.51. The van der Waals surface area contributed by atoms with Crippen molar-refractivity contribution in [1.29, 1.82) is 0 Å². The third-order valence-corrected chi connectivity index (χ3v) is 24.1.